The van der Waals surface area contributed by atoms with Crippen LogP contribution in [0.4, 0.5) is 0 Å². The molecule has 3 nitrogen and oxygen atoms in total. The number of nitrogens with zero attached hydrogens (tertiary/aromatic N) is 1. The Bertz CT molecular complexity index is 432. The molecule has 1 aromatic carbocycles. The summed E-state index contributed by atoms with van der Waals surface area (Å²) in [7, 11) is -3.75. The molecular weight excluding hydrogens is 221 g/mol. The van der Waals surface area contributed by atoms with E-state index in [1.165, 1.54) is 0 Å². The highest BCUT2D eigenvalue weighted by atomic mass is 31.2. The normalized spacial score (nSPS) is 19.6. The zero-order valence-electron chi connectivity index (χ0n) is 9.51. The van der Waals surface area contributed by atoms with E-state index in [1.807, 2.05) is 19.9 Å². The van der Waals surface area contributed by atoms with Gasteiger partial charge in [0.1, 0.15) is 5.16 Å². The molecule has 1 fully saturated rings. The highest BCUT2D eigenvalue weighted by Gasteiger charge is 2.52. The largest absolute Gasteiger partial charge is 0.795 e. The Morgan fingerprint density at radius 2 is 1.81 bits per heavy atom. The quantitative estimate of drug-likeness (QED) is 0.738. The zero-order chi connectivity index (χ0) is 12.2. The molecule has 0 heterocycles. The van der Waals surface area contributed by atoms with Crippen molar-refractivity contribution in [1.29, 1.82) is 5.26 Å². The first kappa shape index (κ1) is 13.0. The number of nitriles is 1. The molecule has 1 aliphatic carbocycles. The van der Waals surface area contributed by atoms with Gasteiger partial charge in [0.2, 0.25) is 0 Å². The summed E-state index contributed by atoms with van der Waals surface area (Å²) in [5, 5.41) is 8.01. The molecule has 1 saturated carbocycles. The summed E-state index contributed by atoms with van der Waals surface area (Å²) >= 11 is 0. The minimum absolute atomic E-state index is 0.277. The predicted molar refractivity (Wildman–Crippen MR) is 62.6 cm³/mol. The van der Waals surface area contributed by atoms with E-state index in [-0.39, 0.29) is 5.30 Å². The third-order valence-corrected chi connectivity index (χ3v) is 5.24. The molecule has 2 rings (SSSR count). The van der Waals surface area contributed by atoms with Gasteiger partial charge in [-0.1, -0.05) is 44.2 Å². The van der Waals surface area contributed by atoms with Crippen LogP contribution in [0.25, 0.3) is 0 Å². The number of rotatable bonds is 2. The summed E-state index contributed by atoms with van der Waals surface area (Å²) in [5.41, 5.74) is 0. The SMILES string of the molecule is CC.N#CC1(P(=O)([O-])c2ccccc2)CC1. The maximum absolute atomic E-state index is 12.0. The first-order valence-electron chi connectivity index (χ1n) is 5.40. The van der Waals surface area contributed by atoms with Gasteiger partial charge in [0, 0.05) is 0 Å². The maximum atomic E-state index is 12.0. The molecule has 0 saturated heterocycles. The van der Waals surface area contributed by atoms with Gasteiger partial charge in [-0.2, -0.15) is 5.26 Å². The summed E-state index contributed by atoms with van der Waals surface area (Å²) in [6.45, 7) is 4.00. The lowest BCUT2D eigenvalue weighted by molar-refractivity contribution is -0.173. The van der Waals surface area contributed by atoms with Crippen molar-refractivity contribution in [1.82, 2.24) is 0 Å². The van der Waals surface area contributed by atoms with Crippen LogP contribution in [0.5, 0.6) is 0 Å². The van der Waals surface area contributed by atoms with Gasteiger partial charge >= 0.3 is 0 Å². The van der Waals surface area contributed by atoms with Gasteiger partial charge in [-0.05, 0) is 18.1 Å². The van der Waals surface area contributed by atoms with E-state index in [2.05, 4.69) is 0 Å². The molecule has 1 atom stereocenters. The van der Waals surface area contributed by atoms with Crippen LogP contribution in [0, 0.1) is 11.3 Å². The van der Waals surface area contributed by atoms with Gasteiger partial charge in [0.05, 0.1) is 13.4 Å². The molecule has 1 aliphatic rings. The fourth-order valence-corrected chi connectivity index (χ4v) is 3.35. The van der Waals surface area contributed by atoms with Crippen molar-refractivity contribution >= 4 is 12.7 Å². The molecule has 0 N–H and O–H groups in total. The van der Waals surface area contributed by atoms with E-state index in [0.717, 1.165) is 0 Å². The van der Waals surface area contributed by atoms with Crippen molar-refractivity contribution in [3.05, 3.63) is 30.3 Å². The summed E-state index contributed by atoms with van der Waals surface area (Å²) < 4.78 is 12.0. The van der Waals surface area contributed by atoms with E-state index in [9.17, 15) is 9.46 Å². The summed E-state index contributed by atoms with van der Waals surface area (Å²) in [6, 6.07) is 10.1. The lowest BCUT2D eigenvalue weighted by Gasteiger charge is -2.28. The highest BCUT2D eigenvalue weighted by Crippen LogP contribution is 2.63. The molecule has 86 valence electrons. The fraction of sp³-hybridized carbons (Fsp3) is 0.417. The second kappa shape index (κ2) is 4.82. The van der Waals surface area contributed by atoms with Crippen LogP contribution in [0.3, 0.4) is 0 Å². The van der Waals surface area contributed by atoms with Crippen LogP contribution in [0.15, 0.2) is 30.3 Å². The number of benzene rings is 1. The molecule has 16 heavy (non-hydrogen) atoms. The third kappa shape index (κ3) is 2.04. The molecule has 1 unspecified atom stereocenters. The lowest BCUT2D eigenvalue weighted by atomic mass is 10.4. The first-order valence-corrected chi connectivity index (χ1v) is 7.03. The molecule has 0 spiro atoms. The van der Waals surface area contributed by atoms with Gasteiger partial charge in [0.15, 0.2) is 0 Å². The topological polar surface area (TPSA) is 63.9 Å². The van der Waals surface area contributed by atoms with Gasteiger partial charge in [-0.3, -0.25) is 0 Å². The number of hydrogen-bond acceptors (Lipinski definition) is 3. The third-order valence-electron chi connectivity index (χ3n) is 2.59. The summed E-state index contributed by atoms with van der Waals surface area (Å²) in [6.07, 6.45) is 0.943. The monoisotopic (exact) mass is 236 g/mol. The molecule has 1 aromatic rings. The van der Waals surface area contributed by atoms with E-state index in [1.54, 1.807) is 30.3 Å². The maximum Gasteiger partial charge on any atom is 0.102 e. The number of hydrogen-bond donors (Lipinski definition) is 0. The minimum Gasteiger partial charge on any atom is -0.795 e. The van der Waals surface area contributed by atoms with Crippen LogP contribution >= 0.6 is 7.37 Å². The van der Waals surface area contributed by atoms with Gasteiger partial charge < -0.3 is 9.46 Å². The van der Waals surface area contributed by atoms with Gasteiger partial charge in [0.25, 0.3) is 0 Å². The van der Waals surface area contributed by atoms with Crippen LogP contribution in [-0.2, 0) is 4.57 Å². The Morgan fingerprint density at radius 1 is 1.31 bits per heavy atom. The van der Waals surface area contributed by atoms with Gasteiger partial charge in [-0.25, -0.2) is 0 Å². The van der Waals surface area contributed by atoms with Crippen molar-refractivity contribution in [2.75, 3.05) is 0 Å². The molecule has 0 aliphatic heterocycles. The van der Waals surface area contributed by atoms with Crippen LogP contribution in [0.1, 0.15) is 26.7 Å². The van der Waals surface area contributed by atoms with E-state index < -0.39 is 12.5 Å². The molecule has 0 aromatic heterocycles. The Labute approximate surface area is 96.2 Å². The average molecular weight is 236 g/mol. The van der Waals surface area contributed by atoms with E-state index in [4.69, 9.17) is 5.26 Å². The van der Waals surface area contributed by atoms with Crippen molar-refractivity contribution in [3.63, 3.8) is 0 Å². The molecule has 0 radical (unpaired) electrons. The van der Waals surface area contributed by atoms with Crippen LogP contribution in [-0.4, -0.2) is 5.16 Å². The minimum atomic E-state index is -3.75. The van der Waals surface area contributed by atoms with Crippen molar-refractivity contribution in [2.45, 2.75) is 31.8 Å². The Hall–Kier alpha value is -1.10. The van der Waals surface area contributed by atoms with Crippen LogP contribution < -0.4 is 10.2 Å². The predicted octanol–water partition coefficient (Wildman–Crippen LogP) is 2.03. The van der Waals surface area contributed by atoms with Crippen LogP contribution in [0.2, 0.25) is 0 Å². The molecule has 0 bridgehead atoms. The summed E-state index contributed by atoms with van der Waals surface area (Å²) in [5.74, 6) is 0. The summed E-state index contributed by atoms with van der Waals surface area (Å²) in [4.78, 5) is 12.0. The first-order chi connectivity index (χ1) is 7.62. The van der Waals surface area contributed by atoms with Crippen molar-refractivity contribution in [3.8, 4) is 6.07 Å². The van der Waals surface area contributed by atoms with E-state index in [0.29, 0.717) is 12.8 Å². The highest BCUT2D eigenvalue weighted by molar-refractivity contribution is 7.67. The fourth-order valence-electron chi connectivity index (χ4n) is 1.46. The molecular formula is C12H15NO2P-. The molecule has 4 heteroatoms. The zero-order valence-corrected chi connectivity index (χ0v) is 10.4. The van der Waals surface area contributed by atoms with Gasteiger partial charge in [-0.15, -0.1) is 0 Å². The average Bonchev–Trinajstić information content (AvgIpc) is 3.14. The van der Waals surface area contributed by atoms with Crippen molar-refractivity contribution in [2.24, 2.45) is 0 Å². The molecule has 0 amide bonds. The lowest BCUT2D eigenvalue weighted by Crippen LogP contribution is -2.26. The second-order valence-electron chi connectivity index (χ2n) is 3.53. The van der Waals surface area contributed by atoms with E-state index >= 15 is 0 Å². The smallest absolute Gasteiger partial charge is 0.102 e. The Morgan fingerprint density at radius 3 is 2.19 bits per heavy atom. The Balaban J connectivity index is 0.000000606. The second-order valence-corrected chi connectivity index (χ2v) is 6.01. The van der Waals surface area contributed by atoms with Crippen molar-refractivity contribution < 1.29 is 9.46 Å². The standard InChI is InChI=1S/C10H10NO2P.C2H6/c11-8-10(6-7-10)14(12,13)9-4-2-1-3-5-9;1-2/h1-5H,6-7H2,(H,12,13);1-2H3/p-1. The Kier molecular flexibility index (Phi) is 3.91.